The molecule has 1 saturated carbocycles. The van der Waals surface area contributed by atoms with Crippen LogP contribution in [0.5, 0.6) is 0 Å². The molecule has 2 fully saturated rings. The van der Waals surface area contributed by atoms with Gasteiger partial charge in [0.05, 0.1) is 6.10 Å². The molecule has 2 aliphatic heterocycles. The number of fused-ring (bicyclic) bond motifs is 2. The molecule has 3 unspecified atom stereocenters. The lowest BCUT2D eigenvalue weighted by molar-refractivity contribution is 0.0509. The SMILES string of the molecule is O=C(NC1CCCC2OCCC12)c1n[nH]c2c1CNCC2. The van der Waals surface area contributed by atoms with E-state index in [9.17, 15) is 4.79 Å². The van der Waals surface area contributed by atoms with Crippen molar-refractivity contribution in [3.63, 3.8) is 0 Å². The highest BCUT2D eigenvalue weighted by Gasteiger charge is 2.38. The minimum Gasteiger partial charge on any atom is -0.378 e. The van der Waals surface area contributed by atoms with Crippen LogP contribution in [-0.4, -0.2) is 41.4 Å². The van der Waals surface area contributed by atoms with Crippen molar-refractivity contribution < 1.29 is 9.53 Å². The van der Waals surface area contributed by atoms with E-state index in [0.717, 1.165) is 63.1 Å². The molecule has 1 aromatic rings. The minimum absolute atomic E-state index is 0.0336. The van der Waals surface area contributed by atoms with E-state index in [-0.39, 0.29) is 11.9 Å². The highest BCUT2D eigenvalue weighted by Crippen LogP contribution is 2.34. The summed E-state index contributed by atoms with van der Waals surface area (Å²) >= 11 is 0. The van der Waals surface area contributed by atoms with Crippen LogP contribution in [0, 0.1) is 5.92 Å². The predicted molar refractivity (Wildman–Crippen MR) is 77.0 cm³/mol. The van der Waals surface area contributed by atoms with Gasteiger partial charge in [-0.3, -0.25) is 9.89 Å². The highest BCUT2D eigenvalue weighted by molar-refractivity contribution is 5.94. The average Bonchev–Trinajstić information content (AvgIpc) is 3.14. The number of carbonyl (C=O) groups is 1. The van der Waals surface area contributed by atoms with E-state index in [1.54, 1.807) is 0 Å². The summed E-state index contributed by atoms with van der Waals surface area (Å²) in [5.74, 6) is 0.448. The molecule has 3 N–H and O–H groups in total. The van der Waals surface area contributed by atoms with Crippen molar-refractivity contribution in [2.45, 2.75) is 50.8 Å². The maximum atomic E-state index is 12.6. The normalized spacial score (nSPS) is 31.5. The number of hydrogen-bond acceptors (Lipinski definition) is 4. The first-order valence-electron chi connectivity index (χ1n) is 8.02. The van der Waals surface area contributed by atoms with E-state index in [1.165, 1.54) is 0 Å². The molecule has 1 aliphatic carbocycles. The van der Waals surface area contributed by atoms with E-state index < -0.39 is 0 Å². The minimum atomic E-state index is -0.0336. The van der Waals surface area contributed by atoms with Crippen molar-refractivity contribution in [2.75, 3.05) is 13.2 Å². The number of ether oxygens (including phenoxy) is 1. The zero-order valence-electron chi connectivity index (χ0n) is 12.2. The van der Waals surface area contributed by atoms with Crippen molar-refractivity contribution in [2.24, 2.45) is 5.92 Å². The summed E-state index contributed by atoms with van der Waals surface area (Å²) in [5, 5.41) is 13.8. The second-order valence-electron chi connectivity index (χ2n) is 6.33. The van der Waals surface area contributed by atoms with Gasteiger partial charge in [0, 0.05) is 49.3 Å². The monoisotopic (exact) mass is 290 g/mol. The Labute approximate surface area is 124 Å². The Balaban J connectivity index is 1.49. The molecule has 0 spiro atoms. The van der Waals surface area contributed by atoms with E-state index in [0.29, 0.717) is 17.7 Å². The molecule has 21 heavy (non-hydrogen) atoms. The predicted octanol–water partition coefficient (Wildman–Crippen LogP) is 0.743. The van der Waals surface area contributed by atoms with E-state index in [2.05, 4.69) is 20.8 Å². The third kappa shape index (κ3) is 2.36. The fourth-order valence-corrected chi connectivity index (χ4v) is 4.00. The Morgan fingerprint density at radius 3 is 3.24 bits per heavy atom. The number of aromatic nitrogens is 2. The summed E-state index contributed by atoms with van der Waals surface area (Å²) in [4.78, 5) is 12.6. The lowest BCUT2D eigenvalue weighted by Crippen LogP contribution is -2.46. The summed E-state index contributed by atoms with van der Waals surface area (Å²) in [6, 6.07) is 0.239. The Hall–Kier alpha value is -1.40. The molecule has 0 aromatic carbocycles. The molecule has 0 bridgehead atoms. The first kappa shape index (κ1) is 13.3. The molecule has 3 heterocycles. The van der Waals surface area contributed by atoms with Gasteiger partial charge in [0.2, 0.25) is 0 Å². The molecular weight excluding hydrogens is 268 g/mol. The summed E-state index contributed by atoms with van der Waals surface area (Å²) < 4.78 is 5.77. The van der Waals surface area contributed by atoms with Crippen molar-refractivity contribution >= 4 is 5.91 Å². The van der Waals surface area contributed by atoms with Crippen LogP contribution in [0.4, 0.5) is 0 Å². The molecule has 6 nitrogen and oxygen atoms in total. The van der Waals surface area contributed by atoms with Crippen LogP contribution >= 0.6 is 0 Å². The molecule has 3 aliphatic rings. The number of amides is 1. The summed E-state index contributed by atoms with van der Waals surface area (Å²) in [6.07, 6.45) is 5.65. The number of nitrogens with zero attached hydrogens (tertiary/aromatic N) is 1. The standard InChI is InChI=1S/C15H22N4O2/c20-15(14-10-8-16-6-4-12(10)18-19-14)17-11-2-1-3-13-9(11)5-7-21-13/h9,11,13,16H,1-8H2,(H,17,20)(H,18,19). The molecular formula is C15H22N4O2. The van der Waals surface area contributed by atoms with Crippen LogP contribution in [0.1, 0.15) is 47.4 Å². The lowest BCUT2D eigenvalue weighted by atomic mass is 9.81. The van der Waals surface area contributed by atoms with Gasteiger partial charge in [-0.15, -0.1) is 0 Å². The maximum absolute atomic E-state index is 12.6. The largest absolute Gasteiger partial charge is 0.378 e. The zero-order chi connectivity index (χ0) is 14.2. The van der Waals surface area contributed by atoms with Crippen molar-refractivity contribution in [1.29, 1.82) is 0 Å². The van der Waals surface area contributed by atoms with Gasteiger partial charge in [0.25, 0.3) is 5.91 Å². The number of nitrogens with one attached hydrogen (secondary N) is 3. The number of aromatic amines is 1. The van der Waals surface area contributed by atoms with Crippen molar-refractivity contribution in [3.8, 4) is 0 Å². The quantitative estimate of drug-likeness (QED) is 0.751. The van der Waals surface area contributed by atoms with Crippen LogP contribution in [0.15, 0.2) is 0 Å². The van der Waals surface area contributed by atoms with Gasteiger partial charge in [-0.25, -0.2) is 0 Å². The molecule has 1 saturated heterocycles. The van der Waals surface area contributed by atoms with Crippen LogP contribution in [0.3, 0.4) is 0 Å². The smallest absolute Gasteiger partial charge is 0.272 e. The van der Waals surface area contributed by atoms with Crippen LogP contribution < -0.4 is 10.6 Å². The van der Waals surface area contributed by atoms with Crippen LogP contribution in [-0.2, 0) is 17.7 Å². The maximum Gasteiger partial charge on any atom is 0.272 e. The summed E-state index contributed by atoms with van der Waals surface area (Å²) in [5.41, 5.74) is 2.71. The zero-order valence-corrected chi connectivity index (χ0v) is 12.2. The van der Waals surface area contributed by atoms with Gasteiger partial charge in [-0.05, 0) is 25.7 Å². The van der Waals surface area contributed by atoms with Gasteiger partial charge in [-0.2, -0.15) is 5.10 Å². The topological polar surface area (TPSA) is 79.0 Å². The average molecular weight is 290 g/mol. The van der Waals surface area contributed by atoms with Gasteiger partial charge in [-0.1, -0.05) is 0 Å². The molecule has 3 atom stereocenters. The first-order valence-corrected chi connectivity index (χ1v) is 8.02. The second kappa shape index (κ2) is 5.42. The highest BCUT2D eigenvalue weighted by atomic mass is 16.5. The Bertz CT molecular complexity index is 542. The molecule has 114 valence electrons. The fraction of sp³-hybridized carbons (Fsp3) is 0.733. The lowest BCUT2D eigenvalue weighted by Gasteiger charge is -2.33. The van der Waals surface area contributed by atoms with E-state index in [4.69, 9.17) is 4.74 Å². The summed E-state index contributed by atoms with van der Waals surface area (Å²) in [6.45, 7) is 2.51. The number of H-pyrrole nitrogens is 1. The van der Waals surface area contributed by atoms with Gasteiger partial charge < -0.3 is 15.4 Å². The second-order valence-corrected chi connectivity index (χ2v) is 6.33. The molecule has 6 heteroatoms. The molecule has 1 amide bonds. The van der Waals surface area contributed by atoms with Gasteiger partial charge in [0.15, 0.2) is 5.69 Å². The van der Waals surface area contributed by atoms with E-state index in [1.807, 2.05) is 0 Å². The van der Waals surface area contributed by atoms with Crippen LogP contribution in [0.25, 0.3) is 0 Å². The van der Waals surface area contributed by atoms with Crippen LogP contribution in [0.2, 0.25) is 0 Å². The molecule has 1 aromatic heterocycles. The van der Waals surface area contributed by atoms with Gasteiger partial charge >= 0.3 is 0 Å². The molecule has 4 rings (SSSR count). The Morgan fingerprint density at radius 2 is 2.29 bits per heavy atom. The molecule has 0 radical (unpaired) electrons. The number of carbonyl (C=O) groups excluding carboxylic acids is 1. The fourth-order valence-electron chi connectivity index (χ4n) is 4.00. The van der Waals surface area contributed by atoms with E-state index >= 15 is 0 Å². The third-order valence-electron chi connectivity index (χ3n) is 5.12. The Kier molecular flexibility index (Phi) is 3.43. The first-order chi connectivity index (χ1) is 10.3. The third-order valence-corrected chi connectivity index (χ3v) is 5.12. The Morgan fingerprint density at radius 1 is 1.33 bits per heavy atom. The number of hydrogen-bond donors (Lipinski definition) is 3. The van der Waals surface area contributed by atoms with Crippen molar-refractivity contribution in [3.05, 3.63) is 17.0 Å². The van der Waals surface area contributed by atoms with Gasteiger partial charge in [0.1, 0.15) is 0 Å². The van der Waals surface area contributed by atoms with Crippen molar-refractivity contribution in [1.82, 2.24) is 20.8 Å². The summed E-state index contributed by atoms with van der Waals surface area (Å²) in [7, 11) is 0. The number of rotatable bonds is 2.